The van der Waals surface area contributed by atoms with E-state index in [1.54, 1.807) is 37.3 Å². The van der Waals surface area contributed by atoms with Crippen molar-refractivity contribution in [1.29, 1.82) is 0 Å². The number of nitrogens with one attached hydrogen (secondary N) is 1. The van der Waals surface area contributed by atoms with Crippen LogP contribution in [0.1, 0.15) is 27.8 Å². The molecule has 11 heteroatoms. The lowest BCUT2D eigenvalue weighted by Crippen LogP contribution is -2.26. The standard InChI is InChI=1S/C19H18N4O5S2/c1-3-28-19(25)16-18(29-22-21-16)20-17(24)13-8-7-11-15(12-13)30(26,27)23(2)14-9-5-4-6-10-14/h4-12H,3H2,1-2H3,(H,20,24). The Labute approximate surface area is 177 Å². The molecule has 1 N–H and O–H groups in total. The molecule has 0 fully saturated rings. The van der Waals surface area contributed by atoms with Crippen molar-refractivity contribution in [2.45, 2.75) is 11.8 Å². The van der Waals surface area contributed by atoms with E-state index in [0.29, 0.717) is 5.69 Å². The van der Waals surface area contributed by atoms with E-state index in [-0.39, 0.29) is 27.8 Å². The molecule has 0 aliphatic carbocycles. The van der Waals surface area contributed by atoms with Crippen LogP contribution in [0.4, 0.5) is 10.7 Å². The molecular weight excluding hydrogens is 428 g/mol. The van der Waals surface area contributed by atoms with Gasteiger partial charge in [0.1, 0.15) is 0 Å². The maximum Gasteiger partial charge on any atom is 0.362 e. The maximum absolute atomic E-state index is 13.0. The van der Waals surface area contributed by atoms with E-state index < -0.39 is 21.9 Å². The number of ether oxygens (including phenoxy) is 1. The third-order valence-corrected chi connectivity index (χ3v) is 6.48. The van der Waals surface area contributed by atoms with E-state index in [4.69, 9.17) is 4.74 Å². The second-order valence-corrected chi connectivity index (χ2v) is 8.68. The highest BCUT2D eigenvalue weighted by Gasteiger charge is 2.24. The molecule has 9 nitrogen and oxygen atoms in total. The first-order valence-corrected chi connectivity index (χ1v) is 11.0. The number of sulfonamides is 1. The van der Waals surface area contributed by atoms with Crippen LogP contribution in [-0.2, 0) is 14.8 Å². The zero-order chi connectivity index (χ0) is 21.7. The number of benzene rings is 2. The number of rotatable bonds is 7. The van der Waals surface area contributed by atoms with Crippen molar-refractivity contribution in [3.05, 3.63) is 65.9 Å². The summed E-state index contributed by atoms with van der Waals surface area (Å²) >= 11 is 0.818. The zero-order valence-electron chi connectivity index (χ0n) is 16.1. The van der Waals surface area contributed by atoms with Gasteiger partial charge in [0.15, 0.2) is 5.00 Å². The number of carbonyl (C=O) groups excluding carboxylic acids is 2. The minimum Gasteiger partial charge on any atom is -0.461 e. The van der Waals surface area contributed by atoms with Crippen molar-refractivity contribution in [1.82, 2.24) is 9.59 Å². The molecule has 0 spiro atoms. The SMILES string of the molecule is CCOC(=O)c1nnsc1NC(=O)c1cccc(S(=O)(=O)N(C)c2ccccc2)c1. The molecule has 1 amide bonds. The molecule has 156 valence electrons. The van der Waals surface area contributed by atoms with Crippen LogP contribution < -0.4 is 9.62 Å². The van der Waals surface area contributed by atoms with Gasteiger partial charge in [-0.15, -0.1) is 5.10 Å². The second-order valence-electron chi connectivity index (χ2n) is 5.96. The number of hydrogen-bond donors (Lipinski definition) is 1. The van der Waals surface area contributed by atoms with Crippen LogP contribution in [-0.4, -0.2) is 43.5 Å². The van der Waals surface area contributed by atoms with Gasteiger partial charge in [0, 0.05) is 24.1 Å². The Hall–Kier alpha value is -3.31. The van der Waals surface area contributed by atoms with E-state index in [2.05, 4.69) is 14.9 Å². The van der Waals surface area contributed by atoms with Crippen molar-refractivity contribution in [3.8, 4) is 0 Å². The Kier molecular flexibility index (Phi) is 6.43. The summed E-state index contributed by atoms with van der Waals surface area (Å²) in [6, 6.07) is 14.2. The molecule has 0 radical (unpaired) electrons. The molecule has 3 rings (SSSR count). The van der Waals surface area contributed by atoms with Gasteiger partial charge in [-0.1, -0.05) is 28.8 Å². The normalized spacial score (nSPS) is 11.0. The molecule has 0 saturated heterocycles. The van der Waals surface area contributed by atoms with Gasteiger partial charge in [0.05, 0.1) is 17.2 Å². The monoisotopic (exact) mass is 446 g/mol. The number of para-hydroxylation sites is 1. The topological polar surface area (TPSA) is 119 Å². The smallest absolute Gasteiger partial charge is 0.362 e. The molecule has 1 heterocycles. The van der Waals surface area contributed by atoms with Gasteiger partial charge in [-0.25, -0.2) is 13.2 Å². The van der Waals surface area contributed by atoms with E-state index >= 15 is 0 Å². The lowest BCUT2D eigenvalue weighted by molar-refractivity contribution is 0.0520. The average Bonchev–Trinajstić information content (AvgIpc) is 3.22. The third kappa shape index (κ3) is 4.47. The van der Waals surface area contributed by atoms with Crippen LogP contribution in [0.25, 0.3) is 0 Å². The summed E-state index contributed by atoms with van der Waals surface area (Å²) in [5.74, 6) is -1.31. The number of aromatic nitrogens is 2. The molecule has 0 bridgehead atoms. The Bertz CT molecular complexity index is 1160. The summed E-state index contributed by atoms with van der Waals surface area (Å²) in [7, 11) is -2.45. The molecule has 0 aliphatic heterocycles. The van der Waals surface area contributed by atoms with Gasteiger partial charge >= 0.3 is 5.97 Å². The number of anilines is 2. The Morgan fingerprint density at radius 3 is 2.57 bits per heavy atom. The highest BCUT2D eigenvalue weighted by Crippen LogP contribution is 2.24. The molecular formula is C19H18N4O5S2. The van der Waals surface area contributed by atoms with Gasteiger partial charge in [-0.05, 0) is 37.3 Å². The zero-order valence-corrected chi connectivity index (χ0v) is 17.7. The van der Waals surface area contributed by atoms with Crippen LogP contribution in [0.3, 0.4) is 0 Å². The Balaban J connectivity index is 1.85. The quantitative estimate of drug-likeness (QED) is 0.554. The van der Waals surface area contributed by atoms with Crippen molar-refractivity contribution in [2.24, 2.45) is 0 Å². The maximum atomic E-state index is 13.0. The summed E-state index contributed by atoms with van der Waals surface area (Å²) in [5.41, 5.74) is 0.477. The minimum atomic E-state index is -3.88. The van der Waals surface area contributed by atoms with E-state index in [0.717, 1.165) is 15.8 Å². The fraction of sp³-hybridized carbons (Fsp3) is 0.158. The average molecular weight is 447 g/mol. The third-order valence-electron chi connectivity index (χ3n) is 4.06. The number of nitrogens with zero attached hydrogens (tertiary/aromatic N) is 3. The molecule has 0 atom stereocenters. The van der Waals surface area contributed by atoms with Gasteiger partial charge < -0.3 is 10.1 Å². The first-order chi connectivity index (χ1) is 14.3. The summed E-state index contributed by atoms with van der Waals surface area (Å²) < 4.78 is 35.6. The first-order valence-electron chi connectivity index (χ1n) is 8.79. The lowest BCUT2D eigenvalue weighted by atomic mass is 10.2. The van der Waals surface area contributed by atoms with Gasteiger partial charge in [-0.2, -0.15) is 0 Å². The van der Waals surface area contributed by atoms with Crippen LogP contribution >= 0.6 is 11.5 Å². The highest BCUT2D eigenvalue weighted by molar-refractivity contribution is 7.92. The second kappa shape index (κ2) is 9.01. The molecule has 3 aromatic rings. The van der Waals surface area contributed by atoms with Crippen molar-refractivity contribution in [2.75, 3.05) is 23.3 Å². The van der Waals surface area contributed by atoms with E-state index in [9.17, 15) is 18.0 Å². The molecule has 0 saturated carbocycles. The molecule has 0 unspecified atom stereocenters. The van der Waals surface area contributed by atoms with Gasteiger partial charge in [0.2, 0.25) is 5.69 Å². The summed E-state index contributed by atoms with van der Waals surface area (Å²) in [4.78, 5) is 24.5. The lowest BCUT2D eigenvalue weighted by Gasteiger charge is -2.19. The minimum absolute atomic E-state index is 0.0467. The van der Waals surface area contributed by atoms with E-state index in [1.807, 2.05) is 0 Å². The number of carbonyl (C=O) groups is 2. The van der Waals surface area contributed by atoms with E-state index in [1.165, 1.54) is 31.3 Å². The van der Waals surface area contributed by atoms with Gasteiger partial charge in [0.25, 0.3) is 15.9 Å². The fourth-order valence-corrected chi connectivity index (χ4v) is 4.31. The number of esters is 1. The van der Waals surface area contributed by atoms with Crippen LogP contribution in [0.2, 0.25) is 0 Å². The fourth-order valence-electron chi connectivity index (χ4n) is 2.51. The summed E-state index contributed by atoms with van der Waals surface area (Å²) in [6.07, 6.45) is 0. The summed E-state index contributed by atoms with van der Waals surface area (Å²) in [6.45, 7) is 1.80. The van der Waals surface area contributed by atoms with Crippen molar-refractivity contribution < 1.29 is 22.7 Å². The molecule has 2 aromatic carbocycles. The first kappa shape index (κ1) is 21.4. The van der Waals surface area contributed by atoms with Crippen molar-refractivity contribution >= 4 is 44.1 Å². The number of amides is 1. The number of hydrogen-bond acceptors (Lipinski definition) is 8. The van der Waals surface area contributed by atoms with Gasteiger partial charge in [-0.3, -0.25) is 9.10 Å². The predicted octanol–water partition coefficient (Wildman–Crippen LogP) is 2.79. The molecule has 0 aliphatic rings. The molecule has 1 aromatic heterocycles. The molecule has 30 heavy (non-hydrogen) atoms. The Morgan fingerprint density at radius 2 is 1.87 bits per heavy atom. The van der Waals surface area contributed by atoms with Crippen LogP contribution in [0, 0.1) is 0 Å². The van der Waals surface area contributed by atoms with Crippen LogP contribution in [0.5, 0.6) is 0 Å². The summed E-state index contributed by atoms with van der Waals surface area (Å²) in [5, 5.41) is 6.32. The Morgan fingerprint density at radius 1 is 1.13 bits per heavy atom. The van der Waals surface area contributed by atoms with Crippen molar-refractivity contribution in [3.63, 3.8) is 0 Å². The highest BCUT2D eigenvalue weighted by atomic mass is 32.2. The van der Waals surface area contributed by atoms with Crippen LogP contribution in [0.15, 0.2) is 59.5 Å². The predicted molar refractivity (Wildman–Crippen MR) is 112 cm³/mol. The largest absolute Gasteiger partial charge is 0.461 e.